The van der Waals surface area contributed by atoms with E-state index in [4.69, 9.17) is 0 Å². The normalized spacial score (nSPS) is 15.0. The molecule has 0 saturated heterocycles. The lowest BCUT2D eigenvalue weighted by Gasteiger charge is -2.20. The maximum Gasteiger partial charge on any atom is 0.244 e. The fourth-order valence-corrected chi connectivity index (χ4v) is 4.85. The van der Waals surface area contributed by atoms with Crippen molar-refractivity contribution in [2.45, 2.75) is 48.6 Å². The summed E-state index contributed by atoms with van der Waals surface area (Å²) in [5.74, 6) is 0.147. The van der Waals surface area contributed by atoms with Gasteiger partial charge in [-0.1, -0.05) is 30.0 Å². The molecule has 156 valence electrons. The summed E-state index contributed by atoms with van der Waals surface area (Å²) in [6, 6.07) is 9.59. The Morgan fingerprint density at radius 1 is 1.17 bits per heavy atom. The molecule has 1 N–H and O–H groups in total. The van der Waals surface area contributed by atoms with Gasteiger partial charge in [0.05, 0.1) is 16.8 Å². The average molecular weight is 434 g/mol. The number of aryl methyl sites for hydroxylation is 2. The zero-order chi connectivity index (χ0) is 21.0. The zero-order valence-corrected chi connectivity index (χ0v) is 18.6. The van der Waals surface area contributed by atoms with Crippen molar-refractivity contribution in [3.05, 3.63) is 53.2 Å². The van der Waals surface area contributed by atoms with Gasteiger partial charge in [-0.2, -0.15) is 0 Å². The standard InChI is InChI=1S/C21H27N3O3S2/c1-15(17-9-8-16-6-4-5-7-18(16)12-17)23-20(25)14-28-21-11-10-19(13-22-21)29(26,27)24(2)3/h8-13,15H,4-7,14H2,1-3H3,(H,23,25). The monoisotopic (exact) mass is 433 g/mol. The van der Waals surface area contributed by atoms with Crippen LogP contribution in [0.2, 0.25) is 0 Å². The first-order valence-electron chi connectivity index (χ1n) is 9.70. The van der Waals surface area contributed by atoms with Crippen LogP contribution in [0.25, 0.3) is 0 Å². The number of fused-ring (bicyclic) bond motifs is 1. The minimum absolute atomic E-state index is 0.0594. The summed E-state index contributed by atoms with van der Waals surface area (Å²) in [7, 11) is -0.539. The molecule has 1 atom stereocenters. The highest BCUT2D eigenvalue weighted by Crippen LogP contribution is 2.25. The molecule has 1 heterocycles. The summed E-state index contributed by atoms with van der Waals surface area (Å²) < 4.78 is 25.3. The van der Waals surface area contributed by atoms with E-state index in [9.17, 15) is 13.2 Å². The third-order valence-electron chi connectivity index (χ3n) is 5.09. The minimum atomic E-state index is -3.50. The number of sulfonamides is 1. The first-order chi connectivity index (χ1) is 13.8. The number of thioether (sulfide) groups is 1. The molecule has 1 unspecified atom stereocenters. The molecule has 0 saturated carbocycles. The SMILES string of the molecule is CC(NC(=O)CSc1ccc(S(=O)(=O)N(C)C)cn1)c1ccc2c(c1)CCCC2. The van der Waals surface area contributed by atoms with Gasteiger partial charge in [-0.15, -0.1) is 0 Å². The van der Waals surface area contributed by atoms with Crippen LogP contribution >= 0.6 is 11.8 Å². The molecule has 8 heteroatoms. The van der Waals surface area contributed by atoms with E-state index in [0.29, 0.717) is 5.03 Å². The van der Waals surface area contributed by atoms with E-state index in [1.165, 1.54) is 62.1 Å². The lowest BCUT2D eigenvalue weighted by molar-refractivity contribution is -0.119. The highest BCUT2D eigenvalue weighted by Gasteiger charge is 2.18. The molecule has 3 rings (SSSR count). The molecular weight excluding hydrogens is 406 g/mol. The number of carbonyl (C=O) groups is 1. The summed E-state index contributed by atoms with van der Waals surface area (Å²) in [5.41, 5.74) is 3.96. The van der Waals surface area contributed by atoms with Crippen LogP contribution in [0, 0.1) is 0 Å². The number of benzene rings is 1. The van der Waals surface area contributed by atoms with Gasteiger partial charge in [0.15, 0.2) is 0 Å². The molecule has 29 heavy (non-hydrogen) atoms. The molecule has 1 aliphatic rings. The highest BCUT2D eigenvalue weighted by atomic mass is 32.2. The summed E-state index contributed by atoms with van der Waals surface area (Å²) in [6.45, 7) is 1.99. The van der Waals surface area contributed by atoms with E-state index in [1.54, 1.807) is 6.07 Å². The second-order valence-electron chi connectivity index (χ2n) is 7.43. The number of hydrogen-bond donors (Lipinski definition) is 1. The van der Waals surface area contributed by atoms with Gasteiger partial charge in [0.1, 0.15) is 4.90 Å². The summed E-state index contributed by atoms with van der Waals surface area (Å²) in [6.07, 6.45) is 6.08. The molecule has 1 amide bonds. The summed E-state index contributed by atoms with van der Waals surface area (Å²) >= 11 is 1.28. The first kappa shape index (κ1) is 21.8. The van der Waals surface area contributed by atoms with Crippen LogP contribution in [-0.2, 0) is 27.7 Å². The minimum Gasteiger partial charge on any atom is -0.349 e. The molecule has 6 nitrogen and oxygen atoms in total. The van der Waals surface area contributed by atoms with Crippen LogP contribution < -0.4 is 5.32 Å². The van der Waals surface area contributed by atoms with Crippen molar-refractivity contribution in [2.24, 2.45) is 0 Å². The molecule has 1 aromatic heterocycles. The van der Waals surface area contributed by atoms with Gasteiger partial charge < -0.3 is 5.32 Å². The van der Waals surface area contributed by atoms with Gasteiger partial charge >= 0.3 is 0 Å². The molecular formula is C21H27N3O3S2. The Labute approximate surface area is 177 Å². The van der Waals surface area contributed by atoms with Crippen molar-refractivity contribution < 1.29 is 13.2 Å². The summed E-state index contributed by atoms with van der Waals surface area (Å²) in [5, 5.41) is 3.64. The van der Waals surface area contributed by atoms with Crippen molar-refractivity contribution in [3.8, 4) is 0 Å². The Hall–Kier alpha value is -1.90. The predicted octanol–water partition coefficient (Wildman–Crippen LogP) is 3.18. The van der Waals surface area contributed by atoms with Gasteiger partial charge in [0.2, 0.25) is 15.9 Å². The quantitative estimate of drug-likeness (QED) is 0.679. The summed E-state index contributed by atoms with van der Waals surface area (Å²) in [4.78, 5) is 16.6. The maximum atomic E-state index is 12.3. The van der Waals surface area contributed by atoms with Crippen LogP contribution in [0.4, 0.5) is 0 Å². The van der Waals surface area contributed by atoms with E-state index in [0.717, 1.165) is 22.7 Å². The molecule has 0 spiro atoms. The average Bonchev–Trinajstić information content (AvgIpc) is 2.72. The fourth-order valence-electron chi connectivity index (χ4n) is 3.34. The van der Waals surface area contributed by atoms with Crippen LogP contribution in [0.15, 0.2) is 46.5 Å². The number of carbonyl (C=O) groups excluding carboxylic acids is 1. The van der Waals surface area contributed by atoms with Crippen LogP contribution in [0.5, 0.6) is 0 Å². The van der Waals surface area contributed by atoms with E-state index in [1.807, 2.05) is 6.92 Å². The topological polar surface area (TPSA) is 79.4 Å². The van der Waals surface area contributed by atoms with Crippen LogP contribution in [-0.4, -0.2) is 43.5 Å². The molecule has 2 aromatic rings. The fraction of sp³-hybridized carbons (Fsp3) is 0.429. The number of amides is 1. The zero-order valence-electron chi connectivity index (χ0n) is 17.0. The van der Waals surface area contributed by atoms with Crippen molar-refractivity contribution in [1.82, 2.24) is 14.6 Å². The number of rotatable bonds is 7. The maximum absolute atomic E-state index is 12.3. The number of nitrogens with zero attached hydrogens (tertiary/aromatic N) is 2. The Bertz CT molecular complexity index is 973. The predicted molar refractivity (Wildman–Crippen MR) is 115 cm³/mol. The highest BCUT2D eigenvalue weighted by molar-refractivity contribution is 7.99. The molecule has 0 radical (unpaired) electrons. The molecule has 0 fully saturated rings. The Morgan fingerprint density at radius 2 is 1.90 bits per heavy atom. The largest absolute Gasteiger partial charge is 0.349 e. The number of aromatic nitrogens is 1. The van der Waals surface area contributed by atoms with Gasteiger partial charge in [-0.3, -0.25) is 4.79 Å². The molecule has 1 aromatic carbocycles. The van der Waals surface area contributed by atoms with Gasteiger partial charge in [0, 0.05) is 20.3 Å². The number of pyridine rings is 1. The first-order valence-corrected chi connectivity index (χ1v) is 12.1. The third-order valence-corrected chi connectivity index (χ3v) is 7.83. The lowest BCUT2D eigenvalue weighted by atomic mass is 9.89. The van der Waals surface area contributed by atoms with Crippen molar-refractivity contribution in [2.75, 3.05) is 19.8 Å². The second-order valence-corrected chi connectivity index (χ2v) is 10.6. The number of hydrogen-bond acceptors (Lipinski definition) is 5. The smallest absolute Gasteiger partial charge is 0.244 e. The molecule has 0 aliphatic heterocycles. The van der Waals surface area contributed by atoms with E-state index in [-0.39, 0.29) is 22.6 Å². The van der Waals surface area contributed by atoms with Gasteiger partial charge in [-0.25, -0.2) is 17.7 Å². The van der Waals surface area contributed by atoms with Gasteiger partial charge in [-0.05, 0) is 61.4 Å². The van der Waals surface area contributed by atoms with E-state index in [2.05, 4.69) is 28.5 Å². The molecule has 0 bridgehead atoms. The Kier molecular flexibility index (Phi) is 6.97. The van der Waals surface area contributed by atoms with E-state index < -0.39 is 10.0 Å². The molecule has 1 aliphatic carbocycles. The number of nitrogens with one attached hydrogen (secondary N) is 1. The second kappa shape index (κ2) is 9.28. The van der Waals surface area contributed by atoms with E-state index >= 15 is 0 Å². The van der Waals surface area contributed by atoms with Crippen molar-refractivity contribution >= 4 is 27.7 Å². The van der Waals surface area contributed by atoms with Crippen molar-refractivity contribution in [3.63, 3.8) is 0 Å². The Balaban J connectivity index is 1.54. The van der Waals surface area contributed by atoms with Gasteiger partial charge in [0.25, 0.3) is 0 Å². The Morgan fingerprint density at radius 3 is 2.55 bits per heavy atom. The van der Waals surface area contributed by atoms with Crippen LogP contribution in [0.3, 0.4) is 0 Å². The van der Waals surface area contributed by atoms with Crippen molar-refractivity contribution in [1.29, 1.82) is 0 Å². The third kappa shape index (κ3) is 5.38. The van der Waals surface area contributed by atoms with Crippen LogP contribution in [0.1, 0.15) is 42.5 Å². The lowest BCUT2D eigenvalue weighted by Crippen LogP contribution is -2.28.